The van der Waals surface area contributed by atoms with E-state index < -0.39 is 5.91 Å². The van der Waals surface area contributed by atoms with Crippen molar-refractivity contribution in [1.82, 2.24) is 15.8 Å². The molecule has 0 bridgehead atoms. The first-order valence-electron chi connectivity index (χ1n) is 8.23. The summed E-state index contributed by atoms with van der Waals surface area (Å²) in [5.41, 5.74) is 6.62. The predicted octanol–water partition coefficient (Wildman–Crippen LogP) is 2.06. The zero-order chi connectivity index (χ0) is 19.2. The normalized spacial score (nSPS) is 10.3. The first-order valence-corrected chi connectivity index (χ1v) is 8.23. The number of nitrogens with one attached hydrogen (secondary N) is 4. The van der Waals surface area contributed by atoms with Gasteiger partial charge in [0.15, 0.2) is 0 Å². The summed E-state index contributed by atoms with van der Waals surface area (Å²) in [6.07, 6.45) is 0. The molecule has 3 aromatic rings. The molecule has 0 saturated heterocycles. The van der Waals surface area contributed by atoms with Gasteiger partial charge in [0, 0.05) is 22.7 Å². The number of methoxy groups -OCH3 is 2. The molecule has 0 unspecified atom stereocenters. The quantitative estimate of drug-likeness (QED) is 0.499. The highest BCUT2D eigenvalue weighted by molar-refractivity contribution is 5.99. The molecule has 0 radical (unpaired) electrons. The summed E-state index contributed by atoms with van der Waals surface area (Å²) in [5, 5.41) is 3.82. The molecular formula is C19H20N4O4. The number of hydrazine groups is 1. The fourth-order valence-corrected chi connectivity index (χ4v) is 2.48. The summed E-state index contributed by atoms with van der Waals surface area (Å²) in [4.78, 5) is 27.1. The van der Waals surface area contributed by atoms with Gasteiger partial charge in [0.05, 0.1) is 20.8 Å². The molecule has 0 atom stereocenters. The summed E-state index contributed by atoms with van der Waals surface area (Å²) >= 11 is 0. The minimum atomic E-state index is -0.442. The molecule has 1 heterocycles. The van der Waals surface area contributed by atoms with Gasteiger partial charge in [-0.25, -0.2) is 0 Å². The van der Waals surface area contributed by atoms with Crippen LogP contribution in [0.4, 0.5) is 5.69 Å². The maximum atomic E-state index is 12.2. The monoisotopic (exact) mass is 368 g/mol. The van der Waals surface area contributed by atoms with Crippen LogP contribution in [0.1, 0.15) is 10.5 Å². The number of rotatable bonds is 6. The second kappa shape index (κ2) is 8.13. The summed E-state index contributed by atoms with van der Waals surface area (Å²) < 4.78 is 10.2. The molecule has 8 heteroatoms. The first kappa shape index (κ1) is 18.1. The molecule has 27 heavy (non-hydrogen) atoms. The van der Waals surface area contributed by atoms with E-state index in [1.807, 2.05) is 12.1 Å². The maximum Gasteiger partial charge on any atom is 0.286 e. The Morgan fingerprint density at radius 2 is 1.63 bits per heavy atom. The van der Waals surface area contributed by atoms with Gasteiger partial charge in [-0.1, -0.05) is 0 Å². The summed E-state index contributed by atoms with van der Waals surface area (Å²) in [6, 6.07) is 14.3. The molecule has 2 aromatic carbocycles. The summed E-state index contributed by atoms with van der Waals surface area (Å²) in [7, 11) is 3.16. The minimum absolute atomic E-state index is 0.0104. The van der Waals surface area contributed by atoms with Gasteiger partial charge in [0.2, 0.25) is 0 Å². The number of aromatic amines is 1. The number of carbonyl (C=O) groups is 2. The van der Waals surface area contributed by atoms with E-state index in [1.165, 1.54) is 0 Å². The number of hydrogen-bond donors (Lipinski definition) is 4. The molecule has 8 nitrogen and oxygen atoms in total. The standard InChI is InChI=1S/C19H20N4O4/c1-26-14-7-4-13(5-8-14)20-11-18(24)22-23-19(25)17-9-12-3-6-15(27-2)10-16(12)21-17/h3-10,20-21H,11H2,1-2H3,(H,22,24)(H,23,25). The Kier molecular flexibility index (Phi) is 5.46. The lowest BCUT2D eigenvalue weighted by molar-refractivity contribution is -0.120. The topological polar surface area (TPSA) is 104 Å². The van der Waals surface area contributed by atoms with E-state index in [1.54, 1.807) is 50.6 Å². The van der Waals surface area contributed by atoms with Gasteiger partial charge in [0.25, 0.3) is 11.8 Å². The first-order chi connectivity index (χ1) is 13.1. The second-order valence-corrected chi connectivity index (χ2v) is 5.72. The molecule has 0 saturated carbocycles. The number of H-pyrrole nitrogens is 1. The largest absolute Gasteiger partial charge is 0.497 e. The van der Waals surface area contributed by atoms with Gasteiger partial charge >= 0.3 is 0 Å². The van der Waals surface area contributed by atoms with Gasteiger partial charge < -0.3 is 19.8 Å². The Bertz CT molecular complexity index is 950. The van der Waals surface area contributed by atoms with Crippen LogP contribution in [0, 0.1) is 0 Å². The van der Waals surface area contributed by atoms with E-state index in [0.717, 1.165) is 22.3 Å². The predicted molar refractivity (Wildman–Crippen MR) is 102 cm³/mol. The average Bonchev–Trinajstić information content (AvgIpc) is 3.14. The van der Waals surface area contributed by atoms with E-state index in [2.05, 4.69) is 21.2 Å². The zero-order valence-electron chi connectivity index (χ0n) is 15.0. The van der Waals surface area contributed by atoms with Crippen LogP contribution in [0.2, 0.25) is 0 Å². The van der Waals surface area contributed by atoms with Crippen LogP contribution >= 0.6 is 0 Å². The highest BCUT2D eigenvalue weighted by atomic mass is 16.5. The molecule has 140 valence electrons. The molecule has 4 N–H and O–H groups in total. The van der Waals surface area contributed by atoms with Crippen LogP contribution < -0.4 is 25.6 Å². The van der Waals surface area contributed by atoms with E-state index >= 15 is 0 Å². The molecule has 3 rings (SSSR count). The van der Waals surface area contributed by atoms with Crippen LogP contribution in [0.25, 0.3) is 10.9 Å². The Morgan fingerprint density at radius 1 is 0.926 bits per heavy atom. The third-order valence-corrected chi connectivity index (χ3v) is 3.93. The van der Waals surface area contributed by atoms with Gasteiger partial charge in [-0.05, 0) is 42.5 Å². The van der Waals surface area contributed by atoms with Crippen molar-refractivity contribution >= 4 is 28.4 Å². The van der Waals surface area contributed by atoms with Crippen molar-refractivity contribution in [2.24, 2.45) is 0 Å². The maximum absolute atomic E-state index is 12.2. The number of anilines is 1. The van der Waals surface area contributed by atoms with E-state index in [-0.39, 0.29) is 12.5 Å². The third kappa shape index (κ3) is 4.49. The Labute approximate surface area is 155 Å². The van der Waals surface area contributed by atoms with Crippen LogP contribution in [-0.2, 0) is 4.79 Å². The molecule has 2 amide bonds. The second-order valence-electron chi connectivity index (χ2n) is 5.72. The summed E-state index contributed by atoms with van der Waals surface area (Å²) in [6.45, 7) is 0.0104. The third-order valence-electron chi connectivity index (χ3n) is 3.93. The number of hydrogen-bond acceptors (Lipinski definition) is 5. The lowest BCUT2D eigenvalue weighted by atomic mass is 10.2. The average molecular weight is 368 g/mol. The highest BCUT2D eigenvalue weighted by Gasteiger charge is 2.11. The Hall–Kier alpha value is -3.68. The lowest BCUT2D eigenvalue weighted by Crippen LogP contribution is -2.44. The molecular weight excluding hydrogens is 348 g/mol. The Balaban J connectivity index is 1.51. The fourth-order valence-electron chi connectivity index (χ4n) is 2.48. The number of amides is 2. The van der Waals surface area contributed by atoms with Crippen molar-refractivity contribution < 1.29 is 19.1 Å². The molecule has 0 aliphatic heterocycles. The van der Waals surface area contributed by atoms with Crippen LogP contribution in [0.3, 0.4) is 0 Å². The van der Waals surface area contributed by atoms with Crippen LogP contribution in [-0.4, -0.2) is 37.6 Å². The minimum Gasteiger partial charge on any atom is -0.497 e. The van der Waals surface area contributed by atoms with Gasteiger partial charge in [-0.3, -0.25) is 20.4 Å². The molecule has 0 aliphatic rings. The van der Waals surface area contributed by atoms with Gasteiger partial charge in [-0.2, -0.15) is 0 Å². The SMILES string of the molecule is COc1ccc(NCC(=O)NNC(=O)c2cc3ccc(OC)cc3[nH]2)cc1. The Morgan fingerprint density at radius 3 is 2.33 bits per heavy atom. The molecule has 0 fully saturated rings. The fraction of sp³-hybridized carbons (Fsp3) is 0.158. The summed E-state index contributed by atoms with van der Waals surface area (Å²) in [5.74, 6) is 0.599. The van der Waals surface area contributed by atoms with Crippen molar-refractivity contribution in [3.8, 4) is 11.5 Å². The van der Waals surface area contributed by atoms with Crippen molar-refractivity contribution in [1.29, 1.82) is 0 Å². The van der Waals surface area contributed by atoms with Gasteiger partial charge in [0.1, 0.15) is 17.2 Å². The smallest absolute Gasteiger partial charge is 0.286 e. The molecule has 1 aromatic heterocycles. The number of aromatic nitrogens is 1. The number of fused-ring (bicyclic) bond motifs is 1. The van der Waals surface area contributed by atoms with Crippen LogP contribution in [0.15, 0.2) is 48.5 Å². The van der Waals surface area contributed by atoms with Crippen molar-refractivity contribution in [3.63, 3.8) is 0 Å². The number of ether oxygens (including phenoxy) is 2. The number of carbonyl (C=O) groups excluding carboxylic acids is 2. The van der Waals surface area contributed by atoms with Crippen molar-refractivity contribution in [2.75, 3.05) is 26.1 Å². The van der Waals surface area contributed by atoms with Crippen molar-refractivity contribution in [2.45, 2.75) is 0 Å². The van der Waals surface area contributed by atoms with Gasteiger partial charge in [-0.15, -0.1) is 0 Å². The lowest BCUT2D eigenvalue weighted by Gasteiger charge is -2.09. The van der Waals surface area contributed by atoms with E-state index in [0.29, 0.717) is 11.4 Å². The van der Waals surface area contributed by atoms with E-state index in [4.69, 9.17) is 9.47 Å². The molecule has 0 aliphatic carbocycles. The van der Waals surface area contributed by atoms with Crippen molar-refractivity contribution in [3.05, 3.63) is 54.2 Å². The highest BCUT2D eigenvalue weighted by Crippen LogP contribution is 2.21. The van der Waals surface area contributed by atoms with Crippen LogP contribution in [0.5, 0.6) is 11.5 Å². The zero-order valence-corrected chi connectivity index (χ0v) is 15.0. The molecule has 0 spiro atoms. The van der Waals surface area contributed by atoms with E-state index in [9.17, 15) is 9.59 Å². The number of benzene rings is 2.